The molecule has 3 unspecified atom stereocenters. The van der Waals surface area contributed by atoms with Gasteiger partial charge in [-0.05, 0) is 25.7 Å². The van der Waals surface area contributed by atoms with Crippen LogP contribution in [0.1, 0.15) is 52.4 Å². The molecule has 1 fully saturated rings. The Bertz CT molecular complexity index is 361. The molecule has 0 aromatic rings. The molecular formula is C12H22O4S. The standard InChI is InChI=1S/C12H22O4S/c1-3-10-6-4-5-7-11(10)17(15,16)9(2)8-12(13)14/h9-11H,3-8H2,1-2H3,(H,13,14). The molecular weight excluding hydrogens is 240 g/mol. The highest BCUT2D eigenvalue weighted by molar-refractivity contribution is 7.92. The van der Waals surface area contributed by atoms with E-state index in [1.165, 1.54) is 6.92 Å². The quantitative estimate of drug-likeness (QED) is 0.824. The normalized spacial score (nSPS) is 27.6. The molecule has 0 spiro atoms. The molecule has 0 heterocycles. The molecule has 100 valence electrons. The van der Waals surface area contributed by atoms with Crippen molar-refractivity contribution in [3.8, 4) is 0 Å². The summed E-state index contributed by atoms with van der Waals surface area (Å²) < 4.78 is 24.7. The van der Waals surface area contributed by atoms with Gasteiger partial charge in [0, 0.05) is 0 Å². The molecule has 0 bridgehead atoms. The molecule has 17 heavy (non-hydrogen) atoms. The Morgan fingerprint density at radius 2 is 1.94 bits per heavy atom. The SMILES string of the molecule is CCC1CCCCC1S(=O)(=O)C(C)CC(=O)O. The van der Waals surface area contributed by atoms with Crippen LogP contribution in [0, 0.1) is 5.92 Å². The zero-order valence-corrected chi connectivity index (χ0v) is 11.4. The van der Waals surface area contributed by atoms with Crippen LogP contribution >= 0.6 is 0 Å². The third-order valence-electron chi connectivity index (χ3n) is 3.81. The number of carbonyl (C=O) groups is 1. The third kappa shape index (κ3) is 3.44. The Labute approximate surface area is 103 Å². The summed E-state index contributed by atoms with van der Waals surface area (Å²) in [5.41, 5.74) is 0. The second-order valence-corrected chi connectivity index (χ2v) is 7.58. The molecule has 0 aromatic heterocycles. The first-order valence-corrected chi connectivity index (χ1v) is 7.95. The van der Waals surface area contributed by atoms with Crippen LogP contribution in [0.3, 0.4) is 0 Å². The average Bonchev–Trinajstić information content (AvgIpc) is 2.28. The summed E-state index contributed by atoms with van der Waals surface area (Å²) in [6.45, 7) is 3.53. The first-order valence-electron chi connectivity index (χ1n) is 6.34. The van der Waals surface area contributed by atoms with Crippen LogP contribution in [0.5, 0.6) is 0 Å². The van der Waals surface area contributed by atoms with Crippen molar-refractivity contribution in [1.29, 1.82) is 0 Å². The summed E-state index contributed by atoms with van der Waals surface area (Å²) in [6.07, 6.45) is 4.28. The van der Waals surface area contributed by atoms with Gasteiger partial charge in [-0.3, -0.25) is 4.79 Å². The number of rotatable bonds is 5. The third-order valence-corrected chi connectivity index (χ3v) is 6.56. The van der Waals surface area contributed by atoms with E-state index >= 15 is 0 Å². The van der Waals surface area contributed by atoms with Crippen molar-refractivity contribution in [2.24, 2.45) is 5.92 Å². The van der Waals surface area contributed by atoms with Crippen LogP contribution in [-0.2, 0) is 14.6 Å². The first-order chi connectivity index (χ1) is 7.89. The molecule has 1 saturated carbocycles. The predicted molar refractivity (Wildman–Crippen MR) is 66.7 cm³/mol. The second-order valence-electron chi connectivity index (χ2n) is 4.99. The number of sulfone groups is 1. The molecule has 4 nitrogen and oxygen atoms in total. The Morgan fingerprint density at radius 1 is 1.35 bits per heavy atom. The van der Waals surface area contributed by atoms with E-state index in [1.807, 2.05) is 6.92 Å². The highest BCUT2D eigenvalue weighted by Crippen LogP contribution is 2.34. The summed E-state index contributed by atoms with van der Waals surface area (Å²) in [5, 5.41) is 7.61. The van der Waals surface area contributed by atoms with Gasteiger partial charge >= 0.3 is 5.97 Å². The van der Waals surface area contributed by atoms with Crippen LogP contribution in [0.2, 0.25) is 0 Å². The minimum Gasteiger partial charge on any atom is -0.481 e. The minimum atomic E-state index is -3.30. The van der Waals surface area contributed by atoms with E-state index in [1.54, 1.807) is 0 Å². The zero-order chi connectivity index (χ0) is 13.1. The van der Waals surface area contributed by atoms with Gasteiger partial charge in [0.1, 0.15) is 0 Å². The topological polar surface area (TPSA) is 71.4 Å². The summed E-state index contributed by atoms with van der Waals surface area (Å²) in [4.78, 5) is 10.6. The molecule has 1 aliphatic rings. The summed E-state index contributed by atoms with van der Waals surface area (Å²) in [6, 6.07) is 0. The molecule has 0 saturated heterocycles. The van der Waals surface area contributed by atoms with Crippen molar-refractivity contribution in [3.63, 3.8) is 0 Å². The van der Waals surface area contributed by atoms with Crippen molar-refractivity contribution in [2.75, 3.05) is 0 Å². The lowest BCUT2D eigenvalue weighted by Gasteiger charge is -2.32. The maximum atomic E-state index is 12.3. The highest BCUT2D eigenvalue weighted by Gasteiger charge is 2.38. The number of carboxylic acid groups (broad SMARTS) is 1. The summed E-state index contributed by atoms with van der Waals surface area (Å²) >= 11 is 0. The molecule has 3 atom stereocenters. The Morgan fingerprint density at radius 3 is 2.47 bits per heavy atom. The van der Waals surface area contributed by atoms with Crippen molar-refractivity contribution in [2.45, 2.75) is 62.9 Å². The number of hydrogen-bond donors (Lipinski definition) is 1. The number of aliphatic carboxylic acids is 1. The Kier molecular flexibility index (Phi) is 4.98. The second kappa shape index (κ2) is 5.85. The van der Waals surface area contributed by atoms with E-state index in [9.17, 15) is 13.2 Å². The van der Waals surface area contributed by atoms with Gasteiger partial charge < -0.3 is 5.11 Å². The van der Waals surface area contributed by atoms with Crippen molar-refractivity contribution >= 4 is 15.8 Å². The predicted octanol–water partition coefficient (Wildman–Crippen LogP) is 2.23. The van der Waals surface area contributed by atoms with E-state index in [2.05, 4.69) is 0 Å². The van der Waals surface area contributed by atoms with E-state index < -0.39 is 21.1 Å². The van der Waals surface area contributed by atoms with E-state index in [0.29, 0.717) is 6.42 Å². The lowest BCUT2D eigenvalue weighted by Crippen LogP contribution is -2.38. The molecule has 5 heteroatoms. The fourth-order valence-corrected chi connectivity index (χ4v) is 5.07. The minimum absolute atomic E-state index is 0.213. The maximum Gasteiger partial charge on any atom is 0.304 e. The van der Waals surface area contributed by atoms with Crippen LogP contribution in [-0.4, -0.2) is 30.0 Å². The zero-order valence-electron chi connectivity index (χ0n) is 10.6. The summed E-state index contributed by atoms with van der Waals surface area (Å²) in [7, 11) is -3.30. The molecule has 0 amide bonds. The van der Waals surface area contributed by atoms with Gasteiger partial charge in [-0.15, -0.1) is 0 Å². The van der Waals surface area contributed by atoms with Crippen molar-refractivity contribution in [1.82, 2.24) is 0 Å². The lowest BCUT2D eigenvalue weighted by atomic mass is 9.87. The van der Waals surface area contributed by atoms with Crippen molar-refractivity contribution < 1.29 is 18.3 Å². The van der Waals surface area contributed by atoms with Gasteiger partial charge in [0.05, 0.1) is 16.9 Å². The molecule has 1 rings (SSSR count). The summed E-state index contributed by atoms with van der Waals surface area (Å²) in [5.74, 6) is -0.824. The van der Waals surface area contributed by atoms with E-state index in [-0.39, 0.29) is 17.6 Å². The van der Waals surface area contributed by atoms with Crippen LogP contribution < -0.4 is 0 Å². The maximum absolute atomic E-state index is 12.3. The van der Waals surface area contributed by atoms with Gasteiger partial charge in [-0.2, -0.15) is 0 Å². The molecule has 1 aliphatic carbocycles. The molecule has 0 radical (unpaired) electrons. The highest BCUT2D eigenvalue weighted by atomic mass is 32.2. The smallest absolute Gasteiger partial charge is 0.304 e. The molecule has 0 aromatic carbocycles. The fourth-order valence-electron chi connectivity index (χ4n) is 2.73. The van der Waals surface area contributed by atoms with Crippen LogP contribution in [0.25, 0.3) is 0 Å². The number of hydrogen-bond acceptors (Lipinski definition) is 3. The largest absolute Gasteiger partial charge is 0.481 e. The first kappa shape index (κ1) is 14.5. The lowest BCUT2D eigenvalue weighted by molar-refractivity contribution is -0.136. The monoisotopic (exact) mass is 262 g/mol. The Hall–Kier alpha value is -0.580. The van der Waals surface area contributed by atoms with E-state index in [4.69, 9.17) is 5.11 Å². The molecule has 1 N–H and O–H groups in total. The van der Waals surface area contributed by atoms with Gasteiger partial charge in [0.25, 0.3) is 0 Å². The van der Waals surface area contributed by atoms with Gasteiger partial charge in [0.2, 0.25) is 0 Å². The van der Waals surface area contributed by atoms with Gasteiger partial charge in [-0.1, -0.05) is 26.2 Å². The van der Waals surface area contributed by atoms with Gasteiger partial charge in [-0.25, -0.2) is 8.42 Å². The fraction of sp³-hybridized carbons (Fsp3) is 0.917. The number of carboxylic acids is 1. The van der Waals surface area contributed by atoms with Crippen LogP contribution in [0.15, 0.2) is 0 Å². The Balaban J connectivity index is 2.83. The van der Waals surface area contributed by atoms with E-state index in [0.717, 1.165) is 25.7 Å². The van der Waals surface area contributed by atoms with Crippen LogP contribution in [0.4, 0.5) is 0 Å². The average molecular weight is 262 g/mol. The van der Waals surface area contributed by atoms with Crippen molar-refractivity contribution in [3.05, 3.63) is 0 Å². The molecule has 0 aliphatic heterocycles. The van der Waals surface area contributed by atoms with Gasteiger partial charge in [0.15, 0.2) is 9.84 Å².